The number of aliphatic carboxylic acids is 1. The van der Waals surface area contributed by atoms with Crippen LogP contribution in [0.5, 0.6) is 0 Å². The van der Waals surface area contributed by atoms with Crippen molar-refractivity contribution in [3.05, 3.63) is 0 Å². The molecular weight excluding hydrogens is 268 g/mol. The predicted molar refractivity (Wildman–Crippen MR) is 80.7 cm³/mol. The topological polar surface area (TPSA) is 92.4 Å². The lowest BCUT2D eigenvalue weighted by Gasteiger charge is -2.37. The number of hydrogen-bond donors (Lipinski definition) is 3. The summed E-state index contributed by atoms with van der Waals surface area (Å²) in [6, 6.07) is 0. The molecule has 0 aromatic heterocycles. The van der Waals surface area contributed by atoms with E-state index < -0.39 is 16.8 Å². The Morgan fingerprint density at radius 3 is 1.81 bits per heavy atom. The largest absolute Gasteiger partial charge is 0.481 e. The number of carboxylic acids is 1. The van der Waals surface area contributed by atoms with E-state index in [0.29, 0.717) is 19.4 Å². The highest BCUT2D eigenvalue weighted by Gasteiger charge is 2.43. The predicted octanol–water partition coefficient (Wildman–Crippen LogP) is 2.05. The molecule has 0 radical (unpaired) electrons. The van der Waals surface area contributed by atoms with Crippen LogP contribution in [0.1, 0.15) is 64.2 Å². The van der Waals surface area contributed by atoms with Crippen molar-refractivity contribution >= 4 is 11.9 Å². The van der Waals surface area contributed by atoms with Crippen LogP contribution in [0.3, 0.4) is 0 Å². The Hall–Kier alpha value is -1.10. The molecule has 120 valence electrons. The molecule has 2 saturated carbocycles. The number of rotatable bonds is 5. The van der Waals surface area contributed by atoms with Crippen molar-refractivity contribution in [2.45, 2.75) is 64.2 Å². The lowest BCUT2D eigenvalue weighted by Crippen LogP contribution is -2.51. The van der Waals surface area contributed by atoms with Gasteiger partial charge in [0.2, 0.25) is 5.91 Å². The van der Waals surface area contributed by atoms with Gasteiger partial charge in [-0.2, -0.15) is 0 Å². The van der Waals surface area contributed by atoms with Crippen molar-refractivity contribution in [2.24, 2.45) is 16.6 Å². The lowest BCUT2D eigenvalue weighted by molar-refractivity contribution is -0.151. The molecule has 0 spiro atoms. The molecule has 21 heavy (non-hydrogen) atoms. The first-order valence-electron chi connectivity index (χ1n) is 8.26. The maximum atomic E-state index is 12.6. The van der Waals surface area contributed by atoms with Gasteiger partial charge in [0.25, 0.3) is 0 Å². The molecule has 1 amide bonds. The Bertz CT molecular complexity index is 383. The first kappa shape index (κ1) is 16.3. The summed E-state index contributed by atoms with van der Waals surface area (Å²) in [5.74, 6) is -0.802. The molecule has 0 atom stereocenters. The van der Waals surface area contributed by atoms with Gasteiger partial charge in [0, 0.05) is 13.1 Å². The molecule has 0 aliphatic heterocycles. The molecule has 0 heterocycles. The van der Waals surface area contributed by atoms with Gasteiger partial charge in [-0.3, -0.25) is 9.59 Å². The second kappa shape index (κ2) is 6.77. The number of nitrogens with one attached hydrogen (secondary N) is 1. The van der Waals surface area contributed by atoms with E-state index in [1.54, 1.807) is 0 Å². The summed E-state index contributed by atoms with van der Waals surface area (Å²) >= 11 is 0. The van der Waals surface area contributed by atoms with Crippen molar-refractivity contribution < 1.29 is 14.7 Å². The zero-order chi connectivity index (χ0) is 15.3. The Morgan fingerprint density at radius 1 is 0.905 bits per heavy atom. The van der Waals surface area contributed by atoms with Crippen LogP contribution in [0.25, 0.3) is 0 Å². The van der Waals surface area contributed by atoms with Crippen LogP contribution >= 0.6 is 0 Å². The molecule has 5 nitrogen and oxygen atoms in total. The summed E-state index contributed by atoms with van der Waals surface area (Å²) in [6.07, 6.45) is 9.18. The van der Waals surface area contributed by atoms with Crippen molar-refractivity contribution in [2.75, 3.05) is 13.1 Å². The monoisotopic (exact) mass is 296 g/mol. The zero-order valence-electron chi connectivity index (χ0n) is 12.8. The minimum Gasteiger partial charge on any atom is -0.481 e. The summed E-state index contributed by atoms with van der Waals surface area (Å²) in [4.78, 5) is 24.2. The standard InChI is InChI=1S/C16H28N2O3/c17-11-15(7-3-1-4-8-15)13(19)18-12-16(14(20)21)9-5-2-6-10-16/h1-12,17H2,(H,18,19)(H,20,21). The first-order chi connectivity index (χ1) is 10.0. The molecule has 2 aliphatic carbocycles. The molecule has 2 aliphatic rings. The van der Waals surface area contributed by atoms with E-state index in [-0.39, 0.29) is 12.5 Å². The van der Waals surface area contributed by atoms with Gasteiger partial charge >= 0.3 is 5.97 Å². The maximum absolute atomic E-state index is 12.6. The third-order valence-electron chi connectivity index (χ3n) is 5.53. The van der Waals surface area contributed by atoms with Gasteiger partial charge < -0.3 is 16.2 Å². The molecule has 0 saturated heterocycles. The number of carbonyl (C=O) groups excluding carboxylic acids is 1. The molecule has 2 fully saturated rings. The first-order valence-corrected chi connectivity index (χ1v) is 8.26. The highest BCUT2D eigenvalue weighted by Crippen LogP contribution is 2.38. The summed E-state index contributed by atoms with van der Waals surface area (Å²) < 4.78 is 0. The Balaban J connectivity index is 1.99. The van der Waals surface area contributed by atoms with Gasteiger partial charge in [-0.1, -0.05) is 38.5 Å². The molecule has 0 aromatic rings. The van der Waals surface area contributed by atoms with Crippen molar-refractivity contribution in [1.29, 1.82) is 0 Å². The van der Waals surface area contributed by atoms with Crippen molar-refractivity contribution in [3.63, 3.8) is 0 Å². The molecule has 0 aromatic carbocycles. The zero-order valence-corrected chi connectivity index (χ0v) is 12.8. The fraction of sp³-hybridized carbons (Fsp3) is 0.875. The van der Waals surface area contributed by atoms with Crippen LogP contribution in [-0.4, -0.2) is 30.1 Å². The molecule has 0 bridgehead atoms. The van der Waals surface area contributed by atoms with Crippen LogP contribution in [0.15, 0.2) is 0 Å². The van der Waals surface area contributed by atoms with Gasteiger partial charge in [0.1, 0.15) is 0 Å². The van der Waals surface area contributed by atoms with Gasteiger partial charge in [0.05, 0.1) is 10.8 Å². The van der Waals surface area contributed by atoms with E-state index in [9.17, 15) is 14.7 Å². The van der Waals surface area contributed by atoms with Gasteiger partial charge in [0.15, 0.2) is 0 Å². The van der Waals surface area contributed by atoms with Gasteiger partial charge in [-0.25, -0.2) is 0 Å². The minimum atomic E-state index is -0.770. The number of nitrogens with two attached hydrogens (primary N) is 1. The van der Waals surface area contributed by atoms with Crippen LogP contribution in [0, 0.1) is 10.8 Å². The highest BCUT2D eigenvalue weighted by atomic mass is 16.4. The SMILES string of the molecule is NCC1(C(=O)NCC2(C(=O)O)CCCCC2)CCCCC1. The molecular formula is C16H28N2O3. The molecule has 2 rings (SSSR count). The van der Waals surface area contributed by atoms with Crippen LogP contribution in [-0.2, 0) is 9.59 Å². The normalized spacial score (nSPS) is 24.2. The van der Waals surface area contributed by atoms with Crippen LogP contribution in [0.4, 0.5) is 0 Å². The Kier molecular flexibility index (Phi) is 5.25. The highest BCUT2D eigenvalue weighted by molar-refractivity contribution is 5.84. The third-order valence-corrected chi connectivity index (χ3v) is 5.53. The summed E-state index contributed by atoms with van der Waals surface area (Å²) in [5, 5.41) is 12.5. The average Bonchev–Trinajstić information content (AvgIpc) is 2.54. The fourth-order valence-electron chi connectivity index (χ4n) is 3.88. The quantitative estimate of drug-likeness (QED) is 0.724. The maximum Gasteiger partial charge on any atom is 0.311 e. The van der Waals surface area contributed by atoms with E-state index in [0.717, 1.165) is 51.4 Å². The second-order valence-corrected chi connectivity index (χ2v) is 6.87. The van der Waals surface area contributed by atoms with Gasteiger partial charge in [-0.15, -0.1) is 0 Å². The van der Waals surface area contributed by atoms with E-state index in [1.807, 2.05) is 0 Å². The Labute approximate surface area is 126 Å². The summed E-state index contributed by atoms with van der Waals surface area (Å²) in [6.45, 7) is 0.613. The second-order valence-electron chi connectivity index (χ2n) is 6.87. The Morgan fingerprint density at radius 2 is 1.38 bits per heavy atom. The van der Waals surface area contributed by atoms with Crippen LogP contribution in [0.2, 0.25) is 0 Å². The number of hydrogen-bond acceptors (Lipinski definition) is 3. The molecule has 4 N–H and O–H groups in total. The lowest BCUT2D eigenvalue weighted by atomic mass is 9.72. The van der Waals surface area contributed by atoms with E-state index >= 15 is 0 Å². The van der Waals surface area contributed by atoms with E-state index in [2.05, 4.69) is 5.32 Å². The number of carboxylic acid groups (broad SMARTS) is 1. The number of amides is 1. The fourth-order valence-corrected chi connectivity index (χ4v) is 3.88. The van der Waals surface area contributed by atoms with Crippen molar-refractivity contribution in [3.8, 4) is 0 Å². The summed E-state index contributed by atoms with van der Waals surface area (Å²) in [7, 11) is 0. The minimum absolute atomic E-state index is 0.0316. The van der Waals surface area contributed by atoms with Crippen molar-refractivity contribution in [1.82, 2.24) is 5.32 Å². The third kappa shape index (κ3) is 3.39. The molecule has 0 unspecified atom stereocenters. The number of carbonyl (C=O) groups is 2. The van der Waals surface area contributed by atoms with E-state index in [1.165, 1.54) is 0 Å². The van der Waals surface area contributed by atoms with Gasteiger partial charge in [-0.05, 0) is 25.7 Å². The smallest absolute Gasteiger partial charge is 0.311 e. The van der Waals surface area contributed by atoms with Crippen LogP contribution < -0.4 is 11.1 Å². The molecule has 5 heteroatoms. The summed E-state index contributed by atoms with van der Waals surface area (Å²) in [5.41, 5.74) is 4.63. The van der Waals surface area contributed by atoms with E-state index in [4.69, 9.17) is 5.73 Å². The average molecular weight is 296 g/mol.